The number of ether oxygens (including phenoxy) is 1. The number of nitrogens with zero attached hydrogens (tertiary/aromatic N) is 2. The van der Waals surface area contributed by atoms with Crippen molar-refractivity contribution in [2.45, 2.75) is 31.8 Å². The molecule has 1 atom stereocenters. The molecule has 2 aliphatic rings. The first-order chi connectivity index (χ1) is 10.2. The average Bonchev–Trinajstić information content (AvgIpc) is 3.14. The van der Waals surface area contributed by atoms with E-state index in [0.717, 1.165) is 32.4 Å². The molecule has 2 aliphatic heterocycles. The molecule has 0 N–H and O–H groups in total. The fraction of sp³-hybridized carbons (Fsp3) is 0.600. The predicted molar refractivity (Wildman–Crippen MR) is 80.1 cm³/mol. The number of hydrogen-bond acceptors (Lipinski definition) is 5. The summed E-state index contributed by atoms with van der Waals surface area (Å²) < 4.78 is 4.82. The standard InChI is InChI=1S/C15H20N2O3S/c1-20-15(19)12-3-2-6-16(12)10-14(18)17-7-4-13-11(9-17)5-8-21-13/h5,8,12H,2-4,6-7,9-10H2,1H3. The van der Waals surface area contributed by atoms with Crippen molar-refractivity contribution in [1.29, 1.82) is 0 Å². The van der Waals surface area contributed by atoms with Gasteiger partial charge in [0.2, 0.25) is 5.91 Å². The van der Waals surface area contributed by atoms with E-state index in [-0.39, 0.29) is 17.9 Å². The molecule has 0 bridgehead atoms. The van der Waals surface area contributed by atoms with E-state index in [4.69, 9.17) is 4.74 Å². The van der Waals surface area contributed by atoms with Gasteiger partial charge in [0.25, 0.3) is 0 Å². The van der Waals surface area contributed by atoms with Crippen LogP contribution in [0, 0.1) is 0 Å². The SMILES string of the molecule is COC(=O)C1CCCN1CC(=O)N1CCc2sccc2C1. The minimum atomic E-state index is -0.250. The maximum Gasteiger partial charge on any atom is 0.323 e. The van der Waals surface area contributed by atoms with Crippen LogP contribution in [0.4, 0.5) is 0 Å². The Morgan fingerprint density at radius 2 is 2.29 bits per heavy atom. The molecule has 114 valence electrons. The first kappa shape index (κ1) is 14.5. The number of methoxy groups -OCH3 is 1. The summed E-state index contributed by atoms with van der Waals surface area (Å²) in [4.78, 5) is 29.5. The zero-order chi connectivity index (χ0) is 14.8. The summed E-state index contributed by atoms with van der Waals surface area (Å²) >= 11 is 1.77. The van der Waals surface area contributed by atoms with Crippen LogP contribution in [-0.2, 0) is 27.3 Å². The average molecular weight is 308 g/mol. The lowest BCUT2D eigenvalue weighted by Crippen LogP contribution is -2.46. The zero-order valence-electron chi connectivity index (χ0n) is 12.2. The van der Waals surface area contributed by atoms with Gasteiger partial charge in [0.1, 0.15) is 6.04 Å². The van der Waals surface area contributed by atoms with Crippen LogP contribution < -0.4 is 0 Å². The van der Waals surface area contributed by atoms with Crippen LogP contribution in [0.5, 0.6) is 0 Å². The van der Waals surface area contributed by atoms with Crippen LogP contribution in [0.2, 0.25) is 0 Å². The Kier molecular flexibility index (Phi) is 4.26. The Morgan fingerprint density at radius 1 is 1.43 bits per heavy atom. The first-order valence-corrected chi connectivity index (χ1v) is 8.22. The lowest BCUT2D eigenvalue weighted by molar-refractivity contribution is -0.146. The second-order valence-corrected chi connectivity index (χ2v) is 6.59. The van der Waals surface area contributed by atoms with E-state index in [9.17, 15) is 9.59 Å². The Balaban J connectivity index is 1.60. The van der Waals surface area contributed by atoms with Crippen molar-refractivity contribution >= 4 is 23.2 Å². The number of fused-ring (bicyclic) bond motifs is 1. The summed E-state index contributed by atoms with van der Waals surface area (Å²) in [7, 11) is 1.41. The molecular formula is C15H20N2O3S. The molecule has 0 aliphatic carbocycles. The van der Waals surface area contributed by atoms with Gasteiger partial charge in [-0.1, -0.05) is 0 Å². The summed E-state index contributed by atoms with van der Waals surface area (Å²) in [6, 6.07) is 1.85. The largest absolute Gasteiger partial charge is 0.468 e. The van der Waals surface area contributed by atoms with E-state index in [1.54, 1.807) is 11.3 Å². The third-order valence-electron chi connectivity index (χ3n) is 4.34. The zero-order valence-corrected chi connectivity index (χ0v) is 13.0. The maximum atomic E-state index is 12.5. The molecule has 1 unspecified atom stereocenters. The third-order valence-corrected chi connectivity index (χ3v) is 5.36. The molecule has 6 heteroatoms. The number of thiophene rings is 1. The van der Waals surface area contributed by atoms with Gasteiger partial charge in [0.05, 0.1) is 13.7 Å². The van der Waals surface area contributed by atoms with Crippen LogP contribution in [-0.4, -0.2) is 54.5 Å². The summed E-state index contributed by atoms with van der Waals surface area (Å²) in [5.41, 5.74) is 1.27. The molecule has 1 aromatic heterocycles. The van der Waals surface area contributed by atoms with Crippen molar-refractivity contribution in [2.24, 2.45) is 0 Å². The Morgan fingerprint density at radius 3 is 3.10 bits per heavy atom. The van der Waals surface area contributed by atoms with Gasteiger partial charge in [-0.2, -0.15) is 0 Å². The van der Waals surface area contributed by atoms with Crippen molar-refractivity contribution in [3.8, 4) is 0 Å². The van der Waals surface area contributed by atoms with E-state index >= 15 is 0 Å². The van der Waals surface area contributed by atoms with Crippen LogP contribution in [0.15, 0.2) is 11.4 Å². The normalized spacial score (nSPS) is 22.1. The Labute approximate surface area is 128 Å². The molecule has 0 radical (unpaired) electrons. The van der Waals surface area contributed by atoms with E-state index in [1.807, 2.05) is 9.80 Å². The van der Waals surface area contributed by atoms with Crippen molar-refractivity contribution in [1.82, 2.24) is 9.80 Å². The third kappa shape index (κ3) is 2.96. The lowest BCUT2D eigenvalue weighted by atomic mass is 10.1. The van der Waals surface area contributed by atoms with Crippen LogP contribution >= 0.6 is 11.3 Å². The minimum Gasteiger partial charge on any atom is -0.468 e. The van der Waals surface area contributed by atoms with Gasteiger partial charge in [-0.25, -0.2) is 0 Å². The van der Waals surface area contributed by atoms with Gasteiger partial charge in [-0.3, -0.25) is 14.5 Å². The van der Waals surface area contributed by atoms with Crippen molar-refractivity contribution in [3.63, 3.8) is 0 Å². The van der Waals surface area contributed by atoms with Crippen molar-refractivity contribution < 1.29 is 14.3 Å². The lowest BCUT2D eigenvalue weighted by Gasteiger charge is -2.30. The van der Waals surface area contributed by atoms with Crippen molar-refractivity contribution in [3.05, 3.63) is 21.9 Å². The molecule has 0 aromatic carbocycles. The molecule has 3 rings (SSSR count). The van der Waals surface area contributed by atoms with Crippen molar-refractivity contribution in [2.75, 3.05) is 26.7 Å². The molecule has 0 saturated carbocycles. The van der Waals surface area contributed by atoms with Crippen LogP contribution in [0.25, 0.3) is 0 Å². The highest BCUT2D eigenvalue weighted by Crippen LogP contribution is 2.25. The van der Waals surface area contributed by atoms with Gasteiger partial charge < -0.3 is 9.64 Å². The molecule has 1 saturated heterocycles. The first-order valence-electron chi connectivity index (χ1n) is 7.34. The van der Waals surface area contributed by atoms with Gasteiger partial charge in [0.15, 0.2) is 0 Å². The fourth-order valence-corrected chi connectivity index (χ4v) is 4.04. The number of rotatable bonds is 3. The van der Waals surface area contributed by atoms with Crippen LogP contribution in [0.3, 0.4) is 0 Å². The van der Waals surface area contributed by atoms with Gasteiger partial charge in [-0.05, 0) is 42.8 Å². The Bertz CT molecular complexity index is 543. The quantitative estimate of drug-likeness (QED) is 0.789. The monoisotopic (exact) mass is 308 g/mol. The van der Waals surface area contributed by atoms with E-state index in [1.165, 1.54) is 17.6 Å². The molecule has 1 amide bonds. The molecule has 1 fully saturated rings. The molecule has 21 heavy (non-hydrogen) atoms. The van der Waals surface area contributed by atoms with Gasteiger partial charge in [0, 0.05) is 18.0 Å². The summed E-state index contributed by atoms with van der Waals surface area (Å²) in [5, 5.41) is 2.09. The van der Waals surface area contributed by atoms with E-state index in [0.29, 0.717) is 13.1 Å². The molecule has 3 heterocycles. The second kappa shape index (κ2) is 6.15. The number of amides is 1. The highest BCUT2D eigenvalue weighted by molar-refractivity contribution is 7.10. The van der Waals surface area contributed by atoms with Gasteiger partial charge in [-0.15, -0.1) is 11.3 Å². The molecule has 1 aromatic rings. The van der Waals surface area contributed by atoms with E-state index in [2.05, 4.69) is 11.4 Å². The molecule has 5 nitrogen and oxygen atoms in total. The topological polar surface area (TPSA) is 49.9 Å². The smallest absolute Gasteiger partial charge is 0.323 e. The molecular weight excluding hydrogens is 288 g/mol. The van der Waals surface area contributed by atoms with Crippen LogP contribution in [0.1, 0.15) is 23.3 Å². The highest BCUT2D eigenvalue weighted by atomic mass is 32.1. The number of carbonyl (C=O) groups excluding carboxylic acids is 2. The second-order valence-electron chi connectivity index (χ2n) is 5.59. The number of hydrogen-bond donors (Lipinski definition) is 0. The highest BCUT2D eigenvalue weighted by Gasteiger charge is 2.34. The Hall–Kier alpha value is -1.40. The number of carbonyl (C=O) groups is 2. The number of esters is 1. The summed E-state index contributed by atoms with van der Waals surface area (Å²) in [6.07, 6.45) is 2.68. The number of likely N-dealkylation sites (tertiary alicyclic amines) is 1. The summed E-state index contributed by atoms with van der Waals surface area (Å²) in [5.74, 6) is -0.110. The minimum absolute atomic E-state index is 0.114. The fourth-order valence-electron chi connectivity index (χ4n) is 3.15. The van der Waals surface area contributed by atoms with E-state index < -0.39 is 0 Å². The maximum absolute atomic E-state index is 12.5. The van der Waals surface area contributed by atoms with Gasteiger partial charge >= 0.3 is 5.97 Å². The molecule has 0 spiro atoms. The predicted octanol–water partition coefficient (Wildman–Crippen LogP) is 1.27. The summed E-state index contributed by atoms with van der Waals surface area (Å²) in [6.45, 7) is 2.60.